The van der Waals surface area contributed by atoms with Gasteiger partial charge in [0.2, 0.25) is 0 Å². The average Bonchev–Trinajstić information content (AvgIpc) is 2.39. The first-order chi connectivity index (χ1) is 8.69. The van der Waals surface area contributed by atoms with Crippen LogP contribution in [0.15, 0.2) is 24.3 Å². The van der Waals surface area contributed by atoms with Gasteiger partial charge in [-0.1, -0.05) is 38.5 Å². The summed E-state index contributed by atoms with van der Waals surface area (Å²) in [6.45, 7) is 7.13. The Bertz CT molecular complexity index is 343. The van der Waals surface area contributed by atoms with Gasteiger partial charge in [-0.15, -0.1) is 0 Å². The number of benzene rings is 1. The predicted octanol–water partition coefficient (Wildman–Crippen LogP) is 3.37. The van der Waals surface area contributed by atoms with Gasteiger partial charge >= 0.3 is 0 Å². The third kappa shape index (κ3) is 4.75. The fraction of sp³-hybridized carbons (Fsp3) is 0.600. The van der Waals surface area contributed by atoms with Crippen molar-refractivity contribution in [2.45, 2.75) is 39.2 Å². The standard InChI is InChI=1S/C15H24FNO/c1-3-5-11-17(4-2)12-10-15(18)13-8-6-7-9-14(13)16/h6-9,15,18H,3-5,10-12H2,1-2H3. The van der Waals surface area contributed by atoms with Gasteiger partial charge in [-0.2, -0.15) is 0 Å². The quantitative estimate of drug-likeness (QED) is 0.768. The van der Waals surface area contributed by atoms with Gasteiger partial charge in [0.05, 0.1) is 6.10 Å². The molecule has 1 aromatic carbocycles. The largest absolute Gasteiger partial charge is 0.388 e. The molecule has 0 saturated heterocycles. The van der Waals surface area contributed by atoms with E-state index in [1.165, 1.54) is 18.9 Å². The van der Waals surface area contributed by atoms with Crippen molar-refractivity contribution in [3.05, 3.63) is 35.6 Å². The molecular weight excluding hydrogens is 229 g/mol. The van der Waals surface area contributed by atoms with Crippen molar-refractivity contribution in [3.63, 3.8) is 0 Å². The highest BCUT2D eigenvalue weighted by Gasteiger charge is 2.13. The molecule has 0 heterocycles. The van der Waals surface area contributed by atoms with E-state index in [4.69, 9.17) is 0 Å². The van der Waals surface area contributed by atoms with Crippen molar-refractivity contribution in [3.8, 4) is 0 Å². The molecule has 1 N–H and O–H groups in total. The first-order valence-electron chi connectivity index (χ1n) is 6.83. The molecular formula is C15H24FNO. The van der Waals surface area contributed by atoms with Crippen LogP contribution in [0.25, 0.3) is 0 Å². The second-order valence-corrected chi connectivity index (χ2v) is 4.61. The summed E-state index contributed by atoms with van der Waals surface area (Å²) in [7, 11) is 0. The Morgan fingerprint density at radius 3 is 2.56 bits per heavy atom. The van der Waals surface area contributed by atoms with Gasteiger partial charge in [0.1, 0.15) is 5.82 Å². The second kappa shape index (κ2) is 8.22. The van der Waals surface area contributed by atoms with Crippen LogP contribution in [0.4, 0.5) is 4.39 Å². The van der Waals surface area contributed by atoms with Crippen molar-refractivity contribution < 1.29 is 9.50 Å². The van der Waals surface area contributed by atoms with Crippen molar-refractivity contribution in [2.24, 2.45) is 0 Å². The summed E-state index contributed by atoms with van der Waals surface area (Å²) >= 11 is 0. The van der Waals surface area contributed by atoms with Crippen molar-refractivity contribution in [1.29, 1.82) is 0 Å². The minimum absolute atomic E-state index is 0.318. The van der Waals surface area contributed by atoms with E-state index in [-0.39, 0.29) is 5.82 Å². The third-order valence-corrected chi connectivity index (χ3v) is 3.26. The molecule has 102 valence electrons. The van der Waals surface area contributed by atoms with Gasteiger partial charge in [-0.05, 0) is 32.0 Å². The van der Waals surface area contributed by atoms with Crippen LogP contribution in [-0.2, 0) is 0 Å². The summed E-state index contributed by atoms with van der Waals surface area (Å²) in [5, 5.41) is 10.0. The van der Waals surface area contributed by atoms with Gasteiger partial charge in [0.25, 0.3) is 0 Å². The molecule has 1 unspecified atom stereocenters. The molecule has 2 nitrogen and oxygen atoms in total. The molecule has 0 radical (unpaired) electrons. The SMILES string of the molecule is CCCCN(CC)CCC(O)c1ccccc1F. The zero-order chi connectivity index (χ0) is 13.4. The average molecular weight is 253 g/mol. The molecule has 0 aromatic heterocycles. The molecule has 0 aliphatic carbocycles. The summed E-state index contributed by atoms with van der Waals surface area (Å²) < 4.78 is 13.5. The molecule has 3 heteroatoms. The Morgan fingerprint density at radius 2 is 1.94 bits per heavy atom. The smallest absolute Gasteiger partial charge is 0.128 e. The molecule has 1 aromatic rings. The summed E-state index contributed by atoms with van der Waals surface area (Å²) in [5.41, 5.74) is 0.407. The predicted molar refractivity (Wildman–Crippen MR) is 73.0 cm³/mol. The van der Waals surface area contributed by atoms with Crippen LogP contribution in [0, 0.1) is 5.82 Å². The van der Waals surface area contributed by atoms with Gasteiger partial charge < -0.3 is 10.0 Å². The lowest BCUT2D eigenvalue weighted by Crippen LogP contribution is -2.27. The maximum atomic E-state index is 13.5. The Hall–Kier alpha value is -0.930. The highest BCUT2D eigenvalue weighted by molar-refractivity contribution is 5.19. The molecule has 0 amide bonds. The Kier molecular flexibility index (Phi) is 6.91. The highest BCUT2D eigenvalue weighted by atomic mass is 19.1. The zero-order valence-electron chi connectivity index (χ0n) is 11.4. The summed E-state index contributed by atoms with van der Waals surface area (Å²) in [4.78, 5) is 2.30. The van der Waals surface area contributed by atoms with Gasteiger partial charge in [-0.25, -0.2) is 4.39 Å². The van der Waals surface area contributed by atoms with E-state index >= 15 is 0 Å². The number of aliphatic hydroxyl groups excluding tert-OH is 1. The van der Waals surface area contributed by atoms with E-state index in [9.17, 15) is 9.50 Å². The maximum absolute atomic E-state index is 13.5. The molecule has 18 heavy (non-hydrogen) atoms. The maximum Gasteiger partial charge on any atom is 0.128 e. The summed E-state index contributed by atoms with van der Waals surface area (Å²) in [6, 6.07) is 6.46. The molecule has 0 spiro atoms. The highest BCUT2D eigenvalue weighted by Crippen LogP contribution is 2.19. The fourth-order valence-corrected chi connectivity index (χ4v) is 2.02. The van der Waals surface area contributed by atoms with E-state index in [1.54, 1.807) is 18.2 Å². The second-order valence-electron chi connectivity index (χ2n) is 4.61. The van der Waals surface area contributed by atoms with Crippen LogP contribution in [0.5, 0.6) is 0 Å². The Morgan fingerprint density at radius 1 is 1.22 bits per heavy atom. The number of rotatable bonds is 8. The molecule has 1 atom stereocenters. The normalized spacial score (nSPS) is 12.9. The van der Waals surface area contributed by atoms with Crippen LogP contribution >= 0.6 is 0 Å². The number of hydrogen-bond donors (Lipinski definition) is 1. The number of aliphatic hydroxyl groups is 1. The van der Waals surface area contributed by atoms with Crippen LogP contribution in [0.1, 0.15) is 44.8 Å². The van der Waals surface area contributed by atoms with Gasteiger partial charge in [-0.3, -0.25) is 0 Å². The van der Waals surface area contributed by atoms with Gasteiger partial charge in [0, 0.05) is 12.1 Å². The molecule has 0 saturated carbocycles. The lowest BCUT2D eigenvalue weighted by Gasteiger charge is -2.22. The first-order valence-corrected chi connectivity index (χ1v) is 6.83. The number of hydrogen-bond acceptors (Lipinski definition) is 2. The fourth-order valence-electron chi connectivity index (χ4n) is 2.02. The Labute approximate surface area is 109 Å². The molecule has 0 bridgehead atoms. The summed E-state index contributed by atoms with van der Waals surface area (Å²) in [5.74, 6) is -0.318. The minimum atomic E-state index is -0.707. The minimum Gasteiger partial charge on any atom is -0.388 e. The lowest BCUT2D eigenvalue weighted by molar-refractivity contribution is 0.139. The van der Waals surface area contributed by atoms with Crippen molar-refractivity contribution >= 4 is 0 Å². The third-order valence-electron chi connectivity index (χ3n) is 3.26. The lowest BCUT2D eigenvalue weighted by atomic mass is 10.1. The van der Waals surface area contributed by atoms with E-state index < -0.39 is 6.10 Å². The number of unbranched alkanes of at least 4 members (excludes halogenated alkanes) is 1. The monoisotopic (exact) mass is 253 g/mol. The van der Waals surface area contributed by atoms with Crippen LogP contribution in [0.2, 0.25) is 0 Å². The van der Waals surface area contributed by atoms with Crippen molar-refractivity contribution in [2.75, 3.05) is 19.6 Å². The van der Waals surface area contributed by atoms with E-state index in [0.717, 1.165) is 19.6 Å². The topological polar surface area (TPSA) is 23.5 Å². The molecule has 1 rings (SSSR count). The van der Waals surface area contributed by atoms with Crippen LogP contribution in [0.3, 0.4) is 0 Å². The molecule has 0 aliphatic heterocycles. The molecule has 0 fully saturated rings. The summed E-state index contributed by atoms with van der Waals surface area (Å²) in [6.07, 6.45) is 2.22. The molecule has 0 aliphatic rings. The zero-order valence-corrected chi connectivity index (χ0v) is 11.4. The Balaban J connectivity index is 2.44. The van der Waals surface area contributed by atoms with E-state index in [2.05, 4.69) is 18.7 Å². The van der Waals surface area contributed by atoms with Crippen LogP contribution in [-0.4, -0.2) is 29.6 Å². The van der Waals surface area contributed by atoms with Crippen molar-refractivity contribution in [1.82, 2.24) is 4.90 Å². The number of nitrogens with zero attached hydrogens (tertiary/aromatic N) is 1. The number of halogens is 1. The van der Waals surface area contributed by atoms with E-state index in [0.29, 0.717) is 12.0 Å². The van der Waals surface area contributed by atoms with Gasteiger partial charge in [0.15, 0.2) is 0 Å². The van der Waals surface area contributed by atoms with E-state index in [1.807, 2.05) is 0 Å². The van der Waals surface area contributed by atoms with Crippen LogP contribution < -0.4 is 0 Å². The first kappa shape index (κ1) is 15.1.